The molecule has 1 amide bonds. The van der Waals surface area contributed by atoms with E-state index in [4.69, 9.17) is 13.9 Å². The highest BCUT2D eigenvalue weighted by atomic mass is 16.5. The number of nitrogens with zero attached hydrogens (tertiary/aromatic N) is 1. The largest absolute Gasteiger partial charge is 0.497 e. The molecule has 0 bridgehead atoms. The Morgan fingerprint density at radius 3 is 2.50 bits per heavy atom. The number of benzene rings is 2. The number of hydrogen-bond acceptors (Lipinski definition) is 7. The van der Waals surface area contributed by atoms with Crippen molar-refractivity contribution >= 4 is 28.9 Å². The summed E-state index contributed by atoms with van der Waals surface area (Å²) in [6.07, 6.45) is 2.13. The molecule has 2 aromatic carbocycles. The number of nitrogens with one attached hydrogen (secondary N) is 1. The van der Waals surface area contributed by atoms with Crippen molar-refractivity contribution in [2.75, 3.05) is 13.7 Å². The molecule has 162 valence electrons. The predicted octanol–water partition coefficient (Wildman–Crippen LogP) is 3.45. The van der Waals surface area contributed by atoms with Gasteiger partial charge in [0, 0.05) is 18.0 Å². The third kappa shape index (κ3) is 5.21. The number of carbonyl (C=O) groups excluding carboxylic acids is 2. The van der Waals surface area contributed by atoms with Gasteiger partial charge in [-0.3, -0.25) is 4.79 Å². The van der Waals surface area contributed by atoms with Gasteiger partial charge in [-0.2, -0.15) is 5.26 Å². The molecule has 0 aliphatic heterocycles. The molecule has 0 unspecified atom stereocenters. The number of esters is 1. The minimum Gasteiger partial charge on any atom is -0.497 e. The van der Waals surface area contributed by atoms with Gasteiger partial charge in [0.05, 0.1) is 7.11 Å². The molecule has 3 rings (SSSR count). The number of hydrogen-bond donors (Lipinski definition) is 1. The lowest BCUT2D eigenvalue weighted by Crippen LogP contribution is -2.28. The average molecular weight is 432 g/mol. The van der Waals surface area contributed by atoms with Crippen molar-refractivity contribution in [3.63, 3.8) is 0 Å². The fourth-order valence-corrected chi connectivity index (χ4v) is 2.81. The molecule has 1 N–H and O–H groups in total. The number of nitriles is 1. The minimum absolute atomic E-state index is 0.0877. The predicted molar refractivity (Wildman–Crippen MR) is 117 cm³/mol. The quantitative estimate of drug-likeness (QED) is 0.200. The maximum absolute atomic E-state index is 12.4. The first-order valence-corrected chi connectivity index (χ1v) is 9.79. The minimum atomic E-state index is -0.861. The Labute approximate surface area is 183 Å². The average Bonchev–Trinajstić information content (AvgIpc) is 2.80. The smallest absolute Gasteiger partial charge is 0.354 e. The topological polar surface area (TPSA) is 119 Å². The number of amides is 1. The fraction of sp³-hybridized carbons (Fsp3) is 0.167. The van der Waals surface area contributed by atoms with Gasteiger partial charge >= 0.3 is 11.6 Å². The second-order valence-electron chi connectivity index (χ2n) is 6.74. The summed E-state index contributed by atoms with van der Waals surface area (Å²) >= 11 is 0. The van der Waals surface area contributed by atoms with Gasteiger partial charge in [0.2, 0.25) is 0 Å². The second-order valence-corrected chi connectivity index (χ2v) is 6.74. The van der Waals surface area contributed by atoms with Crippen LogP contribution in [0.3, 0.4) is 0 Å². The van der Waals surface area contributed by atoms with E-state index in [0.717, 1.165) is 6.42 Å². The van der Waals surface area contributed by atoms with Crippen molar-refractivity contribution < 1.29 is 23.5 Å². The highest BCUT2D eigenvalue weighted by Gasteiger charge is 2.16. The zero-order valence-electron chi connectivity index (χ0n) is 17.5. The van der Waals surface area contributed by atoms with Crippen molar-refractivity contribution in [2.45, 2.75) is 13.3 Å². The van der Waals surface area contributed by atoms with E-state index in [1.54, 1.807) is 30.3 Å². The second kappa shape index (κ2) is 10.1. The molecule has 0 aliphatic carbocycles. The molecule has 0 radical (unpaired) electrons. The monoisotopic (exact) mass is 432 g/mol. The lowest BCUT2D eigenvalue weighted by Gasteiger charge is -2.06. The van der Waals surface area contributed by atoms with Gasteiger partial charge < -0.3 is 19.2 Å². The van der Waals surface area contributed by atoms with E-state index in [0.29, 0.717) is 23.2 Å². The fourth-order valence-electron chi connectivity index (χ4n) is 2.81. The normalized spacial score (nSPS) is 11.0. The van der Waals surface area contributed by atoms with E-state index in [-0.39, 0.29) is 22.5 Å². The van der Waals surface area contributed by atoms with Crippen molar-refractivity contribution in [1.29, 1.82) is 5.26 Å². The first-order valence-electron chi connectivity index (χ1n) is 9.79. The summed E-state index contributed by atoms with van der Waals surface area (Å²) < 4.78 is 15.6. The van der Waals surface area contributed by atoms with E-state index in [2.05, 4.69) is 5.32 Å². The maximum atomic E-state index is 12.4. The summed E-state index contributed by atoms with van der Waals surface area (Å²) in [6.45, 7) is 2.34. The van der Waals surface area contributed by atoms with Gasteiger partial charge in [-0.25, -0.2) is 9.59 Å². The van der Waals surface area contributed by atoms with Crippen molar-refractivity contribution in [2.24, 2.45) is 0 Å². The highest BCUT2D eigenvalue weighted by molar-refractivity contribution is 5.99. The molecule has 8 nitrogen and oxygen atoms in total. The van der Waals surface area contributed by atoms with Gasteiger partial charge in [-0.1, -0.05) is 19.1 Å². The molecule has 1 heterocycles. The number of fused-ring (bicyclic) bond motifs is 1. The van der Waals surface area contributed by atoms with Crippen LogP contribution in [0.2, 0.25) is 0 Å². The Bertz CT molecular complexity index is 1280. The Morgan fingerprint density at radius 1 is 1.12 bits per heavy atom. The molecular weight excluding hydrogens is 412 g/mol. The lowest BCUT2D eigenvalue weighted by atomic mass is 10.1. The zero-order valence-corrected chi connectivity index (χ0v) is 17.5. The third-order valence-electron chi connectivity index (χ3n) is 4.47. The Balaban J connectivity index is 1.82. The van der Waals surface area contributed by atoms with E-state index < -0.39 is 17.5 Å². The van der Waals surface area contributed by atoms with Crippen LogP contribution in [0, 0.1) is 11.3 Å². The molecule has 0 saturated heterocycles. The van der Waals surface area contributed by atoms with E-state index >= 15 is 0 Å². The third-order valence-corrected chi connectivity index (χ3v) is 4.47. The van der Waals surface area contributed by atoms with Gasteiger partial charge in [0.15, 0.2) is 0 Å². The molecule has 0 spiro atoms. The van der Waals surface area contributed by atoms with Crippen molar-refractivity contribution in [1.82, 2.24) is 5.32 Å². The van der Waals surface area contributed by atoms with E-state index in [1.807, 2.05) is 13.0 Å². The molecule has 0 saturated carbocycles. The van der Waals surface area contributed by atoms with Gasteiger partial charge in [0.1, 0.15) is 34.3 Å². The summed E-state index contributed by atoms with van der Waals surface area (Å²) in [6, 6.07) is 14.4. The van der Waals surface area contributed by atoms with Crippen LogP contribution in [0.4, 0.5) is 0 Å². The molecule has 3 aromatic rings. The number of ether oxygens (including phenoxy) is 2. The molecule has 32 heavy (non-hydrogen) atoms. The van der Waals surface area contributed by atoms with Crippen LogP contribution in [0.15, 0.2) is 63.3 Å². The van der Waals surface area contributed by atoms with Crippen LogP contribution in [0.1, 0.15) is 29.3 Å². The molecule has 0 aliphatic rings. The van der Waals surface area contributed by atoms with Crippen LogP contribution in [0.5, 0.6) is 11.5 Å². The van der Waals surface area contributed by atoms with Crippen LogP contribution in [-0.2, 0) is 4.79 Å². The van der Waals surface area contributed by atoms with Crippen LogP contribution >= 0.6 is 0 Å². The summed E-state index contributed by atoms with van der Waals surface area (Å²) in [5.41, 5.74) is -0.348. The van der Waals surface area contributed by atoms with Crippen LogP contribution in [-0.4, -0.2) is 25.5 Å². The zero-order chi connectivity index (χ0) is 23.1. The number of carbonyl (C=O) groups is 2. The van der Waals surface area contributed by atoms with Crippen LogP contribution < -0.4 is 20.4 Å². The molecular formula is C24H20N2O6. The maximum Gasteiger partial charge on any atom is 0.354 e. The Morgan fingerprint density at radius 2 is 1.84 bits per heavy atom. The van der Waals surface area contributed by atoms with E-state index in [9.17, 15) is 19.6 Å². The highest BCUT2D eigenvalue weighted by Crippen LogP contribution is 2.22. The first kappa shape index (κ1) is 22.3. The van der Waals surface area contributed by atoms with E-state index in [1.165, 1.54) is 31.4 Å². The number of methoxy groups -OCH3 is 1. The van der Waals surface area contributed by atoms with Crippen LogP contribution in [0.25, 0.3) is 17.0 Å². The summed E-state index contributed by atoms with van der Waals surface area (Å²) in [5, 5.41) is 12.5. The molecule has 0 fully saturated rings. The summed E-state index contributed by atoms with van der Waals surface area (Å²) in [7, 11) is 1.54. The molecule has 1 aromatic heterocycles. The van der Waals surface area contributed by atoms with Gasteiger partial charge in [0.25, 0.3) is 5.91 Å². The standard InChI is InChI=1S/C24H20N2O6/c1-3-10-26-22(27)20-12-16-6-9-19(13-21(16)32-24(20)29)31-23(28)17(14-25)11-15-4-7-18(30-2)8-5-15/h4-9,11-13H,3,10H2,1-2H3,(H,26,27)/b17-11+. The van der Waals surface area contributed by atoms with Gasteiger partial charge in [-0.15, -0.1) is 0 Å². The molecule has 8 heteroatoms. The first-order chi connectivity index (χ1) is 15.4. The summed E-state index contributed by atoms with van der Waals surface area (Å²) in [5.74, 6) is -0.641. The van der Waals surface area contributed by atoms with Gasteiger partial charge in [-0.05, 0) is 48.4 Å². The lowest BCUT2D eigenvalue weighted by molar-refractivity contribution is -0.129. The Hall–Kier alpha value is -4.38. The number of rotatable bonds is 7. The summed E-state index contributed by atoms with van der Waals surface area (Å²) in [4.78, 5) is 36.7. The Kier molecular flexibility index (Phi) is 7.03. The SMILES string of the molecule is CCCNC(=O)c1cc2ccc(OC(=O)/C(C#N)=C/c3ccc(OC)cc3)cc2oc1=O. The van der Waals surface area contributed by atoms with Crippen molar-refractivity contribution in [3.8, 4) is 17.6 Å². The molecule has 0 atom stereocenters. The van der Waals surface area contributed by atoms with Crippen molar-refractivity contribution in [3.05, 3.63) is 75.7 Å².